The second-order valence-corrected chi connectivity index (χ2v) is 8.35. The van der Waals surface area contributed by atoms with E-state index in [2.05, 4.69) is 20.9 Å². The van der Waals surface area contributed by atoms with Gasteiger partial charge in [0, 0.05) is 36.1 Å². The number of amides is 4. The highest BCUT2D eigenvalue weighted by atomic mass is 35.5. The van der Waals surface area contributed by atoms with Crippen LogP contribution in [0.5, 0.6) is 11.5 Å². The highest BCUT2D eigenvalue weighted by Gasteiger charge is 2.37. The van der Waals surface area contributed by atoms with Crippen molar-refractivity contribution in [3.63, 3.8) is 0 Å². The van der Waals surface area contributed by atoms with Gasteiger partial charge in [-0.25, -0.2) is 14.5 Å². The van der Waals surface area contributed by atoms with E-state index in [0.29, 0.717) is 35.3 Å². The van der Waals surface area contributed by atoms with Crippen molar-refractivity contribution in [1.29, 1.82) is 0 Å². The number of ether oxygens (including phenoxy) is 1. The molecule has 182 valence electrons. The molecule has 1 aliphatic rings. The van der Waals surface area contributed by atoms with Crippen LogP contribution in [-0.2, 0) is 13.1 Å². The zero-order valence-electron chi connectivity index (χ0n) is 19.5. The molecule has 0 aliphatic carbocycles. The summed E-state index contributed by atoms with van der Waals surface area (Å²) in [4.78, 5) is 32.6. The van der Waals surface area contributed by atoms with Crippen LogP contribution < -0.4 is 20.7 Å². The smallest absolute Gasteiger partial charge is 0.331 e. The van der Waals surface area contributed by atoms with Crippen LogP contribution in [0.3, 0.4) is 0 Å². The van der Waals surface area contributed by atoms with Crippen LogP contribution in [0, 0.1) is 0 Å². The van der Waals surface area contributed by atoms with Crippen molar-refractivity contribution < 1.29 is 14.3 Å². The zero-order chi connectivity index (χ0) is 24.8. The largest absolute Gasteiger partial charge is 0.457 e. The minimum Gasteiger partial charge on any atom is -0.457 e. The van der Waals surface area contributed by atoms with Crippen molar-refractivity contribution in [3.8, 4) is 11.5 Å². The first-order chi connectivity index (χ1) is 17.0. The van der Waals surface area contributed by atoms with Crippen molar-refractivity contribution in [2.75, 3.05) is 18.9 Å². The number of anilines is 1. The van der Waals surface area contributed by atoms with Crippen LogP contribution in [0.4, 0.5) is 15.3 Å². The topological polar surface area (TPSA) is 98.8 Å². The first kappa shape index (κ1) is 24.3. The van der Waals surface area contributed by atoms with Gasteiger partial charge in [-0.3, -0.25) is 15.2 Å². The fraction of sp³-hybridized carbons (Fsp3) is 0.240. The summed E-state index contributed by atoms with van der Waals surface area (Å²) in [6.45, 7) is 2.97. The number of urea groups is 2. The second-order valence-electron chi connectivity index (χ2n) is 7.92. The van der Waals surface area contributed by atoms with Crippen LogP contribution in [-0.4, -0.2) is 46.7 Å². The third kappa shape index (κ3) is 6.00. The first-order valence-electron chi connectivity index (χ1n) is 11.2. The lowest BCUT2D eigenvalue weighted by molar-refractivity contribution is 0.108. The molecule has 10 heteroatoms. The van der Waals surface area contributed by atoms with Gasteiger partial charge in [-0.1, -0.05) is 23.7 Å². The van der Waals surface area contributed by atoms with E-state index in [1.54, 1.807) is 36.2 Å². The number of imide groups is 1. The lowest BCUT2D eigenvalue weighted by atomic mass is 10.2. The van der Waals surface area contributed by atoms with Gasteiger partial charge in [0.2, 0.25) is 0 Å². The van der Waals surface area contributed by atoms with Crippen LogP contribution in [0.2, 0.25) is 5.02 Å². The van der Waals surface area contributed by atoms with Gasteiger partial charge in [0.05, 0.1) is 12.2 Å². The Morgan fingerprint density at radius 2 is 1.80 bits per heavy atom. The number of benzene rings is 2. The number of pyridine rings is 1. The zero-order valence-corrected chi connectivity index (χ0v) is 20.2. The molecule has 1 atom stereocenters. The van der Waals surface area contributed by atoms with E-state index in [-0.39, 0.29) is 12.6 Å². The molecule has 4 amide bonds. The van der Waals surface area contributed by atoms with E-state index in [9.17, 15) is 9.59 Å². The molecular weight excluding hydrogens is 468 g/mol. The molecule has 0 radical (unpaired) electrons. The van der Waals surface area contributed by atoms with Gasteiger partial charge in [0.25, 0.3) is 0 Å². The molecule has 3 N–H and O–H groups in total. The van der Waals surface area contributed by atoms with Gasteiger partial charge >= 0.3 is 12.1 Å². The van der Waals surface area contributed by atoms with Crippen LogP contribution in [0.25, 0.3) is 0 Å². The minimum atomic E-state index is -0.732. The summed E-state index contributed by atoms with van der Waals surface area (Å²) < 4.78 is 5.94. The Hall–Kier alpha value is -3.82. The highest BCUT2D eigenvalue weighted by Crippen LogP contribution is 2.25. The van der Waals surface area contributed by atoms with E-state index in [0.717, 1.165) is 11.3 Å². The second kappa shape index (κ2) is 11.1. The molecule has 1 aromatic heterocycles. The van der Waals surface area contributed by atoms with Gasteiger partial charge in [0.15, 0.2) is 6.29 Å². The molecule has 9 nitrogen and oxygen atoms in total. The lowest BCUT2D eigenvalue weighted by Crippen LogP contribution is -2.66. The average Bonchev–Trinajstić information content (AvgIpc) is 2.85. The van der Waals surface area contributed by atoms with Crippen molar-refractivity contribution in [1.82, 2.24) is 25.4 Å². The molecule has 0 saturated carbocycles. The number of nitrogens with zero attached hydrogens (tertiary/aromatic N) is 3. The lowest BCUT2D eigenvalue weighted by Gasteiger charge is -2.41. The fourth-order valence-electron chi connectivity index (χ4n) is 3.67. The molecule has 2 heterocycles. The first-order valence-corrected chi connectivity index (χ1v) is 11.6. The Kier molecular flexibility index (Phi) is 7.69. The molecule has 2 aromatic carbocycles. The van der Waals surface area contributed by atoms with E-state index < -0.39 is 12.3 Å². The predicted octanol–water partition coefficient (Wildman–Crippen LogP) is 4.61. The maximum absolute atomic E-state index is 13.1. The Labute approximate surface area is 209 Å². The monoisotopic (exact) mass is 494 g/mol. The molecule has 1 unspecified atom stereocenters. The number of hydrogen-bond acceptors (Lipinski definition) is 6. The Morgan fingerprint density at radius 1 is 1.06 bits per heavy atom. The van der Waals surface area contributed by atoms with Crippen LogP contribution in [0.1, 0.15) is 18.2 Å². The number of carbonyl (C=O) groups excluding carboxylic acids is 2. The predicted molar refractivity (Wildman–Crippen MR) is 134 cm³/mol. The number of nitrogens with one attached hydrogen (secondary N) is 3. The quantitative estimate of drug-likeness (QED) is 0.402. The Bertz CT molecular complexity index is 1170. The number of halogens is 1. The van der Waals surface area contributed by atoms with Gasteiger partial charge in [-0.2, -0.15) is 0 Å². The summed E-state index contributed by atoms with van der Waals surface area (Å²) in [5.41, 5.74) is 2.48. The maximum atomic E-state index is 13.1. The molecule has 1 fully saturated rings. The third-order valence-corrected chi connectivity index (χ3v) is 5.67. The Morgan fingerprint density at radius 3 is 2.49 bits per heavy atom. The van der Waals surface area contributed by atoms with Crippen LogP contribution >= 0.6 is 11.6 Å². The van der Waals surface area contributed by atoms with E-state index in [1.165, 1.54) is 4.90 Å². The van der Waals surface area contributed by atoms with E-state index >= 15 is 0 Å². The minimum absolute atomic E-state index is 0.269. The maximum Gasteiger partial charge on any atom is 0.331 e. The summed E-state index contributed by atoms with van der Waals surface area (Å²) in [5, 5.41) is 9.77. The molecule has 0 bridgehead atoms. The number of aromatic nitrogens is 1. The SMILES string of the molecule is CCN1C(=O)NC(Nc2ccc(Oc3ccnc(CNC)c3)cc2)N(Cc2ccc(Cl)cc2)C1=O. The van der Waals surface area contributed by atoms with Crippen molar-refractivity contribution >= 4 is 29.4 Å². The average molecular weight is 495 g/mol. The molecule has 4 rings (SSSR count). The van der Waals surface area contributed by atoms with Gasteiger partial charge < -0.3 is 15.4 Å². The summed E-state index contributed by atoms with van der Waals surface area (Å²) in [7, 11) is 1.86. The summed E-state index contributed by atoms with van der Waals surface area (Å²) in [6.07, 6.45) is 0.972. The van der Waals surface area contributed by atoms with Crippen LogP contribution in [0.15, 0.2) is 66.9 Å². The highest BCUT2D eigenvalue weighted by molar-refractivity contribution is 6.30. The molecule has 0 spiro atoms. The van der Waals surface area contributed by atoms with Gasteiger partial charge in [-0.15, -0.1) is 0 Å². The van der Waals surface area contributed by atoms with E-state index in [4.69, 9.17) is 16.3 Å². The summed E-state index contributed by atoms with van der Waals surface area (Å²) in [5.74, 6) is 1.33. The van der Waals surface area contributed by atoms with Crippen molar-refractivity contribution in [3.05, 3.63) is 83.1 Å². The number of carbonyl (C=O) groups is 2. The molecule has 1 aliphatic heterocycles. The Balaban J connectivity index is 1.48. The van der Waals surface area contributed by atoms with Crippen molar-refractivity contribution in [2.24, 2.45) is 0 Å². The summed E-state index contributed by atoms with van der Waals surface area (Å²) >= 11 is 6.00. The number of rotatable bonds is 9. The molecule has 3 aromatic rings. The fourth-order valence-corrected chi connectivity index (χ4v) is 3.80. The summed E-state index contributed by atoms with van der Waals surface area (Å²) in [6, 6.07) is 17.4. The molecule has 35 heavy (non-hydrogen) atoms. The third-order valence-electron chi connectivity index (χ3n) is 5.42. The molecule has 1 saturated heterocycles. The normalized spacial score (nSPS) is 15.7. The van der Waals surface area contributed by atoms with E-state index in [1.807, 2.05) is 49.5 Å². The van der Waals surface area contributed by atoms with Gasteiger partial charge in [0.1, 0.15) is 11.5 Å². The van der Waals surface area contributed by atoms with Crippen molar-refractivity contribution in [2.45, 2.75) is 26.3 Å². The molecular formula is C25H27ClN6O3. The van der Waals surface area contributed by atoms with Gasteiger partial charge in [-0.05, 0) is 62.0 Å². The number of hydrogen-bond donors (Lipinski definition) is 3. The standard InChI is InChI=1S/C25H27ClN6O3/c1-3-31-24(33)30-23(32(25(31)34)16-17-4-6-18(26)7-5-17)29-19-8-10-21(11-9-19)35-22-12-13-28-20(14-22)15-27-2/h4-14,23,27,29H,3,15-16H2,1-2H3,(H,30,33).